The highest BCUT2D eigenvalue weighted by atomic mass is 16.2. The van der Waals surface area contributed by atoms with E-state index in [1.807, 2.05) is 24.3 Å². The summed E-state index contributed by atoms with van der Waals surface area (Å²) >= 11 is 0. The maximum atomic E-state index is 12.7. The normalized spacial score (nSPS) is 22.3. The maximum absolute atomic E-state index is 12.7. The van der Waals surface area contributed by atoms with Crippen LogP contribution in [0.2, 0.25) is 0 Å². The minimum Gasteiger partial charge on any atom is -0.340 e. The van der Waals surface area contributed by atoms with Crippen LogP contribution >= 0.6 is 0 Å². The van der Waals surface area contributed by atoms with Crippen LogP contribution in [0.3, 0.4) is 0 Å². The lowest BCUT2D eigenvalue weighted by Crippen LogP contribution is -2.31. The van der Waals surface area contributed by atoms with Gasteiger partial charge in [0.05, 0.1) is 17.1 Å². The molecule has 4 heteroatoms. The Morgan fingerprint density at radius 2 is 2.00 bits per heavy atom. The summed E-state index contributed by atoms with van der Waals surface area (Å²) in [5.74, 6) is 2.06. The molecule has 2 fully saturated rings. The summed E-state index contributed by atoms with van der Waals surface area (Å²) in [7, 11) is 0. The summed E-state index contributed by atoms with van der Waals surface area (Å²) in [6, 6.07) is 8.23. The van der Waals surface area contributed by atoms with E-state index in [9.17, 15) is 4.79 Å². The molecule has 4 nitrogen and oxygen atoms in total. The molecule has 122 valence electrons. The molecule has 1 aliphatic heterocycles. The fourth-order valence-corrected chi connectivity index (χ4v) is 4.25. The van der Waals surface area contributed by atoms with Gasteiger partial charge < -0.3 is 9.88 Å². The number of aromatic amines is 1. The molecule has 2 aromatic rings. The number of imidazole rings is 1. The Morgan fingerprint density at radius 3 is 2.83 bits per heavy atom. The predicted molar refractivity (Wildman–Crippen MR) is 91.0 cm³/mol. The van der Waals surface area contributed by atoms with Gasteiger partial charge in [-0.3, -0.25) is 4.79 Å². The fourth-order valence-electron chi connectivity index (χ4n) is 4.25. The smallest absolute Gasteiger partial charge is 0.223 e. The number of H-pyrrole nitrogens is 1. The Kier molecular flexibility index (Phi) is 4.06. The van der Waals surface area contributed by atoms with Gasteiger partial charge >= 0.3 is 0 Å². The number of hydrogen-bond donors (Lipinski definition) is 1. The second-order valence-electron chi connectivity index (χ2n) is 7.07. The maximum Gasteiger partial charge on any atom is 0.223 e. The Hall–Kier alpha value is -1.84. The van der Waals surface area contributed by atoms with Crippen LogP contribution in [0.5, 0.6) is 0 Å². The second kappa shape index (κ2) is 6.34. The summed E-state index contributed by atoms with van der Waals surface area (Å²) in [4.78, 5) is 22.9. The molecule has 0 bridgehead atoms. The molecule has 2 aliphatic rings. The Bertz CT molecular complexity index is 654. The fraction of sp³-hybridized carbons (Fsp3) is 0.579. The van der Waals surface area contributed by atoms with Gasteiger partial charge in [0.25, 0.3) is 0 Å². The predicted octanol–water partition coefficient (Wildman–Crippen LogP) is 4.20. The topological polar surface area (TPSA) is 49.0 Å². The van der Waals surface area contributed by atoms with Crippen LogP contribution in [0.4, 0.5) is 0 Å². The van der Waals surface area contributed by atoms with Crippen LogP contribution in [-0.4, -0.2) is 27.3 Å². The van der Waals surface area contributed by atoms with Gasteiger partial charge in [-0.2, -0.15) is 0 Å². The molecule has 2 heterocycles. The highest BCUT2D eigenvalue weighted by Gasteiger charge is 2.32. The van der Waals surface area contributed by atoms with Crippen molar-refractivity contribution in [3.05, 3.63) is 30.1 Å². The van der Waals surface area contributed by atoms with Crippen molar-refractivity contribution in [3.8, 4) is 0 Å². The average Bonchev–Trinajstić information content (AvgIpc) is 3.31. The molecule has 23 heavy (non-hydrogen) atoms. The van der Waals surface area contributed by atoms with E-state index in [0.717, 1.165) is 48.6 Å². The SMILES string of the molecule is O=C(CCC1CCCC1)N1CCCC1c1nc2ccccc2[nH]1. The summed E-state index contributed by atoms with van der Waals surface area (Å²) in [6.07, 6.45) is 9.23. The van der Waals surface area contributed by atoms with Crippen molar-refractivity contribution in [3.63, 3.8) is 0 Å². The lowest BCUT2D eigenvalue weighted by Gasteiger charge is -2.23. The monoisotopic (exact) mass is 311 g/mol. The van der Waals surface area contributed by atoms with Gasteiger partial charge in [-0.25, -0.2) is 4.98 Å². The van der Waals surface area contributed by atoms with Crippen LogP contribution in [0.15, 0.2) is 24.3 Å². The van der Waals surface area contributed by atoms with Gasteiger partial charge in [-0.1, -0.05) is 37.8 Å². The number of likely N-dealkylation sites (tertiary alicyclic amines) is 1. The number of hydrogen-bond acceptors (Lipinski definition) is 2. The van der Waals surface area contributed by atoms with Crippen molar-refractivity contribution in [1.29, 1.82) is 0 Å². The van der Waals surface area contributed by atoms with Gasteiger partial charge in [0, 0.05) is 13.0 Å². The number of fused-ring (bicyclic) bond motifs is 1. The molecule has 1 N–H and O–H groups in total. The standard InChI is InChI=1S/C19H25N3O/c23-18(12-11-14-6-1-2-7-14)22-13-5-10-17(22)19-20-15-8-3-4-9-16(15)21-19/h3-4,8-9,14,17H,1-2,5-7,10-13H2,(H,20,21). The lowest BCUT2D eigenvalue weighted by molar-refractivity contribution is -0.132. The lowest BCUT2D eigenvalue weighted by atomic mass is 10.0. The van der Waals surface area contributed by atoms with Gasteiger partial charge in [0.15, 0.2) is 0 Å². The van der Waals surface area contributed by atoms with Gasteiger partial charge in [-0.15, -0.1) is 0 Å². The third-order valence-corrected chi connectivity index (χ3v) is 5.54. The largest absolute Gasteiger partial charge is 0.340 e. The number of carbonyl (C=O) groups is 1. The van der Waals surface area contributed by atoms with E-state index in [0.29, 0.717) is 12.3 Å². The minimum absolute atomic E-state index is 0.137. The van der Waals surface area contributed by atoms with Crippen molar-refractivity contribution in [1.82, 2.24) is 14.9 Å². The van der Waals surface area contributed by atoms with E-state index in [-0.39, 0.29) is 6.04 Å². The first-order chi connectivity index (χ1) is 11.3. The first kappa shape index (κ1) is 14.7. The highest BCUT2D eigenvalue weighted by Crippen LogP contribution is 2.33. The van der Waals surface area contributed by atoms with Crippen molar-refractivity contribution >= 4 is 16.9 Å². The van der Waals surface area contributed by atoms with Gasteiger partial charge in [0.2, 0.25) is 5.91 Å². The summed E-state index contributed by atoms with van der Waals surface area (Å²) in [5.41, 5.74) is 2.06. The molecule has 1 aromatic heterocycles. The minimum atomic E-state index is 0.137. The molecule has 1 atom stereocenters. The number of benzene rings is 1. The molecule has 1 aromatic carbocycles. The van der Waals surface area contributed by atoms with Crippen molar-refractivity contribution in [2.24, 2.45) is 5.92 Å². The third kappa shape index (κ3) is 2.99. The van der Waals surface area contributed by atoms with Crippen LogP contribution < -0.4 is 0 Å². The number of amides is 1. The van der Waals surface area contributed by atoms with Crippen molar-refractivity contribution in [2.75, 3.05) is 6.54 Å². The van der Waals surface area contributed by atoms with E-state index in [1.165, 1.54) is 25.7 Å². The summed E-state index contributed by atoms with van der Waals surface area (Å²) in [6.45, 7) is 0.880. The molecule has 1 saturated heterocycles. The zero-order valence-corrected chi connectivity index (χ0v) is 13.6. The second-order valence-corrected chi connectivity index (χ2v) is 7.07. The summed E-state index contributed by atoms with van der Waals surface area (Å²) in [5, 5.41) is 0. The average molecular weight is 311 g/mol. The Labute approximate surface area is 137 Å². The number of para-hydroxylation sites is 2. The molecule has 1 saturated carbocycles. The van der Waals surface area contributed by atoms with E-state index in [2.05, 4.69) is 9.88 Å². The molecule has 0 spiro atoms. The first-order valence-electron chi connectivity index (χ1n) is 9.05. The molecule has 4 rings (SSSR count). The highest BCUT2D eigenvalue weighted by molar-refractivity contribution is 5.78. The number of carbonyl (C=O) groups excluding carboxylic acids is 1. The molecular weight excluding hydrogens is 286 g/mol. The van der Waals surface area contributed by atoms with Crippen LogP contribution in [0.25, 0.3) is 11.0 Å². The molecule has 1 aliphatic carbocycles. The number of nitrogens with zero attached hydrogens (tertiary/aromatic N) is 2. The third-order valence-electron chi connectivity index (χ3n) is 5.54. The van der Waals surface area contributed by atoms with Crippen molar-refractivity contribution in [2.45, 2.75) is 57.4 Å². The zero-order chi connectivity index (χ0) is 15.6. The van der Waals surface area contributed by atoms with Crippen molar-refractivity contribution < 1.29 is 4.79 Å². The van der Waals surface area contributed by atoms with Gasteiger partial charge in [0.1, 0.15) is 5.82 Å². The number of nitrogens with one attached hydrogen (secondary N) is 1. The molecular formula is C19H25N3O. The first-order valence-corrected chi connectivity index (χ1v) is 9.05. The van der Waals surface area contributed by atoms with E-state index in [4.69, 9.17) is 4.98 Å². The number of aromatic nitrogens is 2. The van der Waals surface area contributed by atoms with E-state index < -0.39 is 0 Å². The van der Waals surface area contributed by atoms with Crippen LogP contribution in [0.1, 0.15) is 63.2 Å². The van der Waals surface area contributed by atoms with Crippen LogP contribution in [0, 0.1) is 5.92 Å². The quantitative estimate of drug-likeness (QED) is 0.920. The van der Waals surface area contributed by atoms with E-state index >= 15 is 0 Å². The van der Waals surface area contributed by atoms with E-state index in [1.54, 1.807) is 0 Å². The zero-order valence-electron chi connectivity index (χ0n) is 13.6. The Morgan fingerprint density at radius 1 is 1.17 bits per heavy atom. The molecule has 1 unspecified atom stereocenters. The summed E-state index contributed by atoms with van der Waals surface area (Å²) < 4.78 is 0. The van der Waals surface area contributed by atoms with Gasteiger partial charge in [-0.05, 0) is 37.3 Å². The number of rotatable bonds is 4. The molecule has 1 amide bonds. The molecule has 0 radical (unpaired) electrons. The van der Waals surface area contributed by atoms with Crippen LogP contribution in [-0.2, 0) is 4.79 Å². The Balaban J connectivity index is 1.46.